The Hall–Kier alpha value is -4.37. The van der Waals surface area contributed by atoms with Gasteiger partial charge in [0.05, 0.1) is 18.0 Å². The maximum absolute atomic E-state index is 12.2. The van der Waals surface area contributed by atoms with Gasteiger partial charge in [-0.1, -0.05) is 30.3 Å². The summed E-state index contributed by atoms with van der Waals surface area (Å²) in [7, 11) is 5.64. The highest BCUT2D eigenvalue weighted by atomic mass is 16.5. The van der Waals surface area contributed by atoms with Crippen LogP contribution in [0, 0.1) is 0 Å². The molecule has 0 fully saturated rings. The number of para-hydroxylation sites is 1. The van der Waals surface area contributed by atoms with E-state index in [0.717, 1.165) is 40.8 Å². The highest BCUT2D eigenvalue weighted by molar-refractivity contribution is 5.99. The molecule has 0 radical (unpaired) electrons. The molecule has 0 unspecified atom stereocenters. The van der Waals surface area contributed by atoms with E-state index < -0.39 is 0 Å². The van der Waals surface area contributed by atoms with Crippen LogP contribution in [-0.4, -0.2) is 61.8 Å². The molecule has 2 amide bonds. The van der Waals surface area contributed by atoms with Crippen molar-refractivity contribution in [3.63, 3.8) is 0 Å². The number of hydrogen-bond acceptors (Lipinski definition) is 7. The van der Waals surface area contributed by atoms with Crippen molar-refractivity contribution in [2.75, 3.05) is 56.9 Å². The second-order valence-corrected chi connectivity index (χ2v) is 8.71. The number of carbonyl (C=O) groups is 1. The molecule has 3 aromatic carbocycles. The normalized spacial score (nSPS) is 10.8. The van der Waals surface area contributed by atoms with E-state index in [0.29, 0.717) is 30.5 Å². The second kappa shape index (κ2) is 12.5. The van der Waals surface area contributed by atoms with Crippen LogP contribution in [0.15, 0.2) is 73.1 Å². The van der Waals surface area contributed by atoms with Crippen LogP contribution < -0.4 is 25.4 Å². The van der Waals surface area contributed by atoms with Crippen LogP contribution >= 0.6 is 0 Å². The summed E-state index contributed by atoms with van der Waals surface area (Å²) in [5.41, 5.74) is 3.34. The summed E-state index contributed by atoms with van der Waals surface area (Å²) < 4.78 is 11.5. The highest BCUT2D eigenvalue weighted by Gasteiger charge is 2.13. The van der Waals surface area contributed by atoms with E-state index in [1.54, 1.807) is 7.11 Å². The molecule has 9 nitrogen and oxygen atoms in total. The first kappa shape index (κ1) is 25.7. The van der Waals surface area contributed by atoms with Gasteiger partial charge in [0.2, 0.25) is 0 Å². The number of methoxy groups -OCH3 is 1. The van der Waals surface area contributed by atoms with Crippen molar-refractivity contribution in [3.8, 4) is 11.5 Å². The van der Waals surface area contributed by atoms with Gasteiger partial charge in [-0.2, -0.15) is 0 Å². The molecule has 192 valence electrons. The Morgan fingerprint density at radius 3 is 2.38 bits per heavy atom. The average Bonchev–Trinajstić information content (AvgIpc) is 2.89. The number of ether oxygens (including phenoxy) is 2. The third kappa shape index (κ3) is 7.31. The van der Waals surface area contributed by atoms with Crippen molar-refractivity contribution >= 4 is 34.1 Å². The first-order valence-electron chi connectivity index (χ1n) is 12.1. The van der Waals surface area contributed by atoms with Gasteiger partial charge in [0.25, 0.3) is 0 Å². The molecule has 0 aliphatic carbocycles. The number of carbonyl (C=O) groups excluding carboxylic acids is 1. The molecule has 0 spiro atoms. The number of nitrogens with zero attached hydrogens (tertiary/aromatic N) is 3. The van der Waals surface area contributed by atoms with Crippen LogP contribution in [0.1, 0.15) is 5.56 Å². The van der Waals surface area contributed by atoms with E-state index >= 15 is 0 Å². The van der Waals surface area contributed by atoms with Crippen LogP contribution in [0.2, 0.25) is 0 Å². The van der Waals surface area contributed by atoms with E-state index in [1.165, 1.54) is 6.33 Å². The first-order chi connectivity index (χ1) is 18.0. The summed E-state index contributed by atoms with van der Waals surface area (Å²) in [5.74, 6) is 2.07. The molecule has 9 heteroatoms. The van der Waals surface area contributed by atoms with Gasteiger partial charge in [-0.25, -0.2) is 14.8 Å². The van der Waals surface area contributed by atoms with E-state index in [1.807, 2.05) is 80.8 Å². The molecular weight excluding hydrogens is 468 g/mol. The number of rotatable bonds is 11. The minimum Gasteiger partial charge on any atom is -0.496 e. The molecule has 1 aromatic heterocycles. The summed E-state index contributed by atoms with van der Waals surface area (Å²) in [4.78, 5) is 23.1. The predicted molar refractivity (Wildman–Crippen MR) is 148 cm³/mol. The van der Waals surface area contributed by atoms with Gasteiger partial charge >= 0.3 is 6.03 Å². The molecule has 37 heavy (non-hydrogen) atoms. The average molecular weight is 501 g/mol. The summed E-state index contributed by atoms with van der Waals surface area (Å²) in [6, 6.07) is 20.6. The van der Waals surface area contributed by atoms with Gasteiger partial charge in [-0.05, 0) is 50.3 Å². The summed E-state index contributed by atoms with van der Waals surface area (Å²) in [5, 5.41) is 9.87. The predicted octanol–water partition coefficient (Wildman–Crippen LogP) is 4.88. The van der Waals surface area contributed by atoms with Crippen molar-refractivity contribution in [1.82, 2.24) is 14.9 Å². The Bertz CT molecular complexity index is 1310. The molecule has 0 atom stereocenters. The van der Waals surface area contributed by atoms with Gasteiger partial charge in [-0.3, -0.25) is 0 Å². The molecule has 1 heterocycles. The quantitative estimate of drug-likeness (QED) is 0.270. The van der Waals surface area contributed by atoms with Crippen molar-refractivity contribution in [3.05, 3.63) is 78.6 Å². The number of nitrogens with one attached hydrogen (secondary N) is 3. The van der Waals surface area contributed by atoms with Crippen molar-refractivity contribution in [1.29, 1.82) is 0 Å². The maximum Gasteiger partial charge on any atom is 0.323 e. The highest BCUT2D eigenvalue weighted by Crippen LogP contribution is 2.34. The lowest BCUT2D eigenvalue weighted by atomic mass is 10.1. The molecular formula is C28H32N6O3. The molecule has 0 aliphatic rings. The molecule has 3 N–H and O–H groups in total. The lowest BCUT2D eigenvalue weighted by Crippen LogP contribution is -2.19. The molecule has 0 aliphatic heterocycles. The van der Waals surface area contributed by atoms with E-state index in [4.69, 9.17) is 9.47 Å². The van der Waals surface area contributed by atoms with Gasteiger partial charge < -0.3 is 30.3 Å². The number of aromatic nitrogens is 2. The van der Waals surface area contributed by atoms with E-state index in [-0.39, 0.29) is 6.03 Å². The number of likely N-dealkylation sites (N-methyl/N-ethyl adjacent to an activating group) is 1. The van der Waals surface area contributed by atoms with E-state index in [9.17, 15) is 4.79 Å². The first-order valence-corrected chi connectivity index (χ1v) is 12.1. The minimum absolute atomic E-state index is 0.281. The number of fused-ring (bicyclic) bond motifs is 1. The van der Waals surface area contributed by atoms with Gasteiger partial charge in [-0.15, -0.1) is 0 Å². The fourth-order valence-corrected chi connectivity index (χ4v) is 3.75. The number of urea groups is 1. The van der Waals surface area contributed by atoms with Crippen molar-refractivity contribution in [2.24, 2.45) is 0 Å². The number of anilines is 3. The summed E-state index contributed by atoms with van der Waals surface area (Å²) >= 11 is 0. The Balaban J connectivity index is 1.34. The maximum atomic E-state index is 12.2. The van der Waals surface area contributed by atoms with Crippen LogP contribution in [0.4, 0.5) is 22.0 Å². The van der Waals surface area contributed by atoms with Crippen LogP contribution in [0.5, 0.6) is 11.5 Å². The molecule has 4 aromatic rings. The Kier molecular flexibility index (Phi) is 8.72. The fourth-order valence-electron chi connectivity index (χ4n) is 3.75. The van der Waals surface area contributed by atoms with Crippen LogP contribution in [0.25, 0.3) is 10.9 Å². The van der Waals surface area contributed by atoms with Gasteiger partial charge in [0, 0.05) is 36.6 Å². The monoisotopic (exact) mass is 500 g/mol. The third-order valence-electron chi connectivity index (χ3n) is 5.65. The molecule has 0 saturated carbocycles. The van der Waals surface area contributed by atoms with Crippen molar-refractivity contribution in [2.45, 2.75) is 6.42 Å². The largest absolute Gasteiger partial charge is 0.496 e. The number of benzene rings is 3. The third-order valence-corrected chi connectivity index (χ3v) is 5.65. The zero-order valence-corrected chi connectivity index (χ0v) is 21.3. The smallest absolute Gasteiger partial charge is 0.323 e. The Morgan fingerprint density at radius 1 is 0.946 bits per heavy atom. The number of hydrogen-bond donors (Lipinski definition) is 3. The standard InChI is InChI=1S/C28H32N6O3/c1-34(2)15-16-37-23-17-24-26(25(18-23)36-3)27(31-19-30-24)29-14-13-20-9-11-22(12-10-20)33-28(35)32-21-7-5-4-6-8-21/h4-12,17-19H,13-16H2,1-3H3,(H,29,30,31)(H2,32,33,35). The fraction of sp³-hybridized carbons (Fsp3) is 0.250. The van der Waals surface area contributed by atoms with Crippen molar-refractivity contribution < 1.29 is 14.3 Å². The van der Waals surface area contributed by atoms with E-state index in [2.05, 4.69) is 30.8 Å². The summed E-state index contributed by atoms with van der Waals surface area (Å²) in [6.45, 7) is 2.05. The number of amides is 2. The topological polar surface area (TPSA) is 101 Å². The second-order valence-electron chi connectivity index (χ2n) is 8.71. The summed E-state index contributed by atoms with van der Waals surface area (Å²) in [6.07, 6.45) is 2.31. The molecule has 0 saturated heterocycles. The zero-order valence-electron chi connectivity index (χ0n) is 21.3. The molecule has 4 rings (SSSR count). The molecule has 0 bridgehead atoms. The lowest BCUT2D eigenvalue weighted by Gasteiger charge is -2.15. The lowest BCUT2D eigenvalue weighted by molar-refractivity contribution is 0.260. The Morgan fingerprint density at radius 2 is 1.68 bits per heavy atom. The van der Waals surface area contributed by atoms with Gasteiger partial charge in [0.1, 0.15) is 30.3 Å². The van der Waals surface area contributed by atoms with Gasteiger partial charge in [0.15, 0.2) is 0 Å². The SMILES string of the molecule is COc1cc(OCCN(C)C)cc2ncnc(NCCc3ccc(NC(=O)Nc4ccccc4)cc3)c12. The Labute approximate surface area is 216 Å². The zero-order chi connectivity index (χ0) is 26.0. The minimum atomic E-state index is -0.281. The van der Waals surface area contributed by atoms with Crippen LogP contribution in [0.3, 0.4) is 0 Å². The van der Waals surface area contributed by atoms with Crippen LogP contribution in [-0.2, 0) is 6.42 Å².